The molecule has 2 atom stereocenters. The molecule has 0 radical (unpaired) electrons. The van der Waals surface area contributed by atoms with Crippen LogP contribution in [0.4, 0.5) is 0 Å². The Balaban J connectivity index is 2.31. The fourth-order valence-electron chi connectivity index (χ4n) is 4.59. The second-order valence-corrected chi connectivity index (χ2v) is 10.6. The number of hydrogen-bond acceptors (Lipinski definition) is 4. The minimum Gasteiger partial charge on any atom is -0.492 e. The van der Waals surface area contributed by atoms with Crippen molar-refractivity contribution >= 4 is 0 Å². The van der Waals surface area contributed by atoms with Crippen LogP contribution in [-0.2, 0) is 11.8 Å². The van der Waals surface area contributed by atoms with Crippen LogP contribution < -0.4 is 10.5 Å². The standard InChI is InChI=1S/C29H45NO3/c1-8-29(9-2,24-13-14-26(21(4)17-24)33-19-25(30)18-31)23-12-10-22(20(3)16-23)11-15-27(32)28(5,6)7/h10,12-14,16-17,25,27,31-32H,8-9,11,15,18-19,30H2,1-7H3. The smallest absolute Gasteiger partial charge is 0.122 e. The molecule has 0 aliphatic carbocycles. The highest BCUT2D eigenvalue weighted by molar-refractivity contribution is 5.47. The molecule has 184 valence electrons. The molecular weight excluding hydrogens is 410 g/mol. The predicted octanol–water partition coefficient (Wildman–Crippen LogP) is 5.45. The van der Waals surface area contributed by atoms with E-state index in [4.69, 9.17) is 15.6 Å². The van der Waals surface area contributed by atoms with E-state index in [9.17, 15) is 5.11 Å². The first kappa shape index (κ1) is 27.4. The van der Waals surface area contributed by atoms with Crippen molar-refractivity contribution in [2.24, 2.45) is 11.1 Å². The van der Waals surface area contributed by atoms with Crippen molar-refractivity contribution in [3.63, 3.8) is 0 Å². The third-order valence-electron chi connectivity index (χ3n) is 7.20. The van der Waals surface area contributed by atoms with Crippen LogP contribution >= 0.6 is 0 Å². The Bertz CT molecular complexity index is 896. The van der Waals surface area contributed by atoms with Gasteiger partial charge >= 0.3 is 0 Å². The zero-order valence-electron chi connectivity index (χ0n) is 21.7. The average Bonchev–Trinajstić information content (AvgIpc) is 2.78. The van der Waals surface area contributed by atoms with Gasteiger partial charge in [-0.1, -0.05) is 65.0 Å². The van der Waals surface area contributed by atoms with Crippen molar-refractivity contribution in [3.05, 3.63) is 64.2 Å². The van der Waals surface area contributed by atoms with E-state index in [-0.39, 0.29) is 29.6 Å². The zero-order chi connectivity index (χ0) is 24.8. The van der Waals surface area contributed by atoms with Gasteiger partial charge in [0.05, 0.1) is 18.8 Å². The molecule has 0 aromatic heterocycles. The first-order chi connectivity index (χ1) is 15.5. The van der Waals surface area contributed by atoms with Crippen LogP contribution in [0, 0.1) is 19.3 Å². The fraction of sp³-hybridized carbons (Fsp3) is 0.586. The molecule has 0 saturated carbocycles. The normalized spacial score (nSPS) is 14.2. The highest BCUT2D eigenvalue weighted by atomic mass is 16.5. The Kier molecular flexibility index (Phi) is 9.54. The molecule has 0 aliphatic heterocycles. The summed E-state index contributed by atoms with van der Waals surface area (Å²) in [6, 6.07) is 12.9. The number of nitrogens with two attached hydrogens (primary N) is 1. The average molecular weight is 456 g/mol. The van der Waals surface area contributed by atoms with Crippen LogP contribution in [0.3, 0.4) is 0 Å². The van der Waals surface area contributed by atoms with E-state index in [1.807, 2.05) is 6.07 Å². The summed E-state index contributed by atoms with van der Waals surface area (Å²) in [5.41, 5.74) is 11.9. The molecule has 0 spiro atoms. The minimum atomic E-state index is -0.375. The van der Waals surface area contributed by atoms with E-state index in [0.717, 1.165) is 37.0 Å². The molecule has 2 rings (SSSR count). The monoisotopic (exact) mass is 455 g/mol. The van der Waals surface area contributed by atoms with Gasteiger partial charge in [-0.3, -0.25) is 0 Å². The number of ether oxygens (including phenoxy) is 1. The van der Waals surface area contributed by atoms with E-state index < -0.39 is 0 Å². The lowest BCUT2D eigenvalue weighted by atomic mass is 9.69. The maximum Gasteiger partial charge on any atom is 0.122 e. The predicted molar refractivity (Wildman–Crippen MR) is 138 cm³/mol. The van der Waals surface area contributed by atoms with E-state index in [1.165, 1.54) is 22.3 Å². The number of aliphatic hydroxyl groups excluding tert-OH is 2. The number of aryl methyl sites for hydroxylation is 3. The Labute approximate surface area is 201 Å². The Morgan fingerprint density at radius 3 is 2.00 bits per heavy atom. The van der Waals surface area contributed by atoms with Crippen molar-refractivity contribution in [1.82, 2.24) is 0 Å². The lowest BCUT2D eigenvalue weighted by Crippen LogP contribution is -2.31. The second kappa shape index (κ2) is 11.5. The molecule has 0 bridgehead atoms. The first-order valence-electron chi connectivity index (χ1n) is 12.4. The SMILES string of the molecule is CCC(CC)(c1ccc(CCC(O)C(C)(C)C)c(C)c1)c1ccc(OCC(N)CO)c(C)c1. The van der Waals surface area contributed by atoms with Crippen molar-refractivity contribution in [2.75, 3.05) is 13.2 Å². The van der Waals surface area contributed by atoms with Gasteiger partial charge in [-0.2, -0.15) is 0 Å². The lowest BCUT2D eigenvalue weighted by molar-refractivity contribution is 0.0560. The zero-order valence-corrected chi connectivity index (χ0v) is 21.7. The summed E-state index contributed by atoms with van der Waals surface area (Å²) in [4.78, 5) is 0. The third kappa shape index (κ3) is 6.59. The maximum atomic E-state index is 10.4. The molecular formula is C29H45NO3. The highest BCUT2D eigenvalue weighted by Crippen LogP contribution is 2.41. The van der Waals surface area contributed by atoms with Crippen LogP contribution in [0.25, 0.3) is 0 Å². The Morgan fingerprint density at radius 1 is 0.939 bits per heavy atom. The molecule has 0 aliphatic rings. The molecule has 2 aromatic carbocycles. The first-order valence-corrected chi connectivity index (χ1v) is 12.4. The molecule has 0 saturated heterocycles. The van der Waals surface area contributed by atoms with Crippen LogP contribution in [0.1, 0.15) is 81.7 Å². The Morgan fingerprint density at radius 2 is 1.52 bits per heavy atom. The molecule has 0 amide bonds. The second-order valence-electron chi connectivity index (χ2n) is 10.6. The van der Waals surface area contributed by atoms with Gasteiger partial charge in [0.15, 0.2) is 0 Å². The van der Waals surface area contributed by atoms with Gasteiger partial charge in [0.1, 0.15) is 12.4 Å². The van der Waals surface area contributed by atoms with Gasteiger partial charge in [0.25, 0.3) is 0 Å². The summed E-state index contributed by atoms with van der Waals surface area (Å²) in [5, 5.41) is 19.6. The van der Waals surface area contributed by atoms with Crippen LogP contribution in [0.15, 0.2) is 36.4 Å². The molecule has 4 N–H and O–H groups in total. The van der Waals surface area contributed by atoms with Crippen molar-refractivity contribution in [3.8, 4) is 5.75 Å². The van der Waals surface area contributed by atoms with Crippen molar-refractivity contribution in [1.29, 1.82) is 0 Å². The summed E-state index contributed by atoms with van der Waals surface area (Å²) >= 11 is 0. The van der Waals surface area contributed by atoms with Gasteiger partial charge in [0.2, 0.25) is 0 Å². The van der Waals surface area contributed by atoms with Gasteiger partial charge < -0.3 is 20.7 Å². The molecule has 33 heavy (non-hydrogen) atoms. The lowest BCUT2D eigenvalue weighted by Gasteiger charge is -2.34. The van der Waals surface area contributed by atoms with Crippen molar-refractivity contribution < 1.29 is 14.9 Å². The molecule has 2 aromatic rings. The molecule has 4 nitrogen and oxygen atoms in total. The molecule has 0 heterocycles. The molecule has 4 heteroatoms. The van der Waals surface area contributed by atoms with Gasteiger partial charge in [0, 0.05) is 5.41 Å². The van der Waals surface area contributed by atoms with E-state index in [2.05, 4.69) is 78.8 Å². The minimum absolute atomic E-state index is 0.0704. The quantitative estimate of drug-likeness (QED) is 0.421. The third-order valence-corrected chi connectivity index (χ3v) is 7.20. The van der Waals surface area contributed by atoms with Gasteiger partial charge in [-0.25, -0.2) is 0 Å². The summed E-state index contributed by atoms with van der Waals surface area (Å²) in [5.74, 6) is 0.813. The summed E-state index contributed by atoms with van der Waals surface area (Å²) in [7, 11) is 0. The molecule has 2 unspecified atom stereocenters. The van der Waals surface area contributed by atoms with E-state index in [0.29, 0.717) is 6.61 Å². The summed E-state index contributed by atoms with van der Waals surface area (Å²) in [6.45, 7) is 15.2. The fourth-order valence-corrected chi connectivity index (χ4v) is 4.59. The van der Waals surface area contributed by atoms with Crippen molar-refractivity contribution in [2.45, 2.75) is 91.7 Å². The summed E-state index contributed by atoms with van der Waals surface area (Å²) < 4.78 is 5.83. The number of hydrogen-bond donors (Lipinski definition) is 3. The van der Waals surface area contributed by atoms with Gasteiger partial charge in [-0.05, 0) is 78.8 Å². The van der Waals surface area contributed by atoms with Crippen LogP contribution in [0.2, 0.25) is 0 Å². The largest absolute Gasteiger partial charge is 0.492 e. The number of aliphatic hydroxyl groups is 2. The van der Waals surface area contributed by atoms with Gasteiger partial charge in [-0.15, -0.1) is 0 Å². The van der Waals surface area contributed by atoms with E-state index in [1.54, 1.807) is 0 Å². The highest BCUT2D eigenvalue weighted by Gasteiger charge is 2.31. The topological polar surface area (TPSA) is 75.7 Å². The molecule has 0 fully saturated rings. The summed E-state index contributed by atoms with van der Waals surface area (Å²) in [6.07, 6.45) is 3.35. The van der Waals surface area contributed by atoms with Crippen LogP contribution in [-0.4, -0.2) is 35.6 Å². The maximum absolute atomic E-state index is 10.4. The van der Waals surface area contributed by atoms with E-state index >= 15 is 0 Å². The number of rotatable bonds is 11. The number of benzene rings is 2. The Hall–Kier alpha value is -1.88. The van der Waals surface area contributed by atoms with Crippen LogP contribution in [0.5, 0.6) is 5.75 Å².